The molecule has 0 spiro atoms. The molecule has 0 aliphatic heterocycles. The summed E-state index contributed by atoms with van der Waals surface area (Å²) < 4.78 is 25.3. The van der Waals surface area contributed by atoms with Gasteiger partial charge in [-0.05, 0) is 12.1 Å². The fourth-order valence-corrected chi connectivity index (χ4v) is 1.78. The van der Waals surface area contributed by atoms with Crippen molar-refractivity contribution in [1.29, 1.82) is 0 Å². The second-order valence-corrected chi connectivity index (χ2v) is 3.70. The van der Waals surface area contributed by atoms with Gasteiger partial charge in [-0.2, -0.15) is 0 Å². The molecule has 15 heavy (non-hydrogen) atoms. The van der Waals surface area contributed by atoms with E-state index in [-0.39, 0.29) is 24.1 Å². The van der Waals surface area contributed by atoms with Crippen molar-refractivity contribution in [1.82, 2.24) is 4.98 Å². The van der Waals surface area contributed by atoms with E-state index in [1.807, 2.05) is 0 Å². The SMILES string of the molecule is O=C(O)c1cccnc1C1CC(F)(F)C1. The average molecular weight is 213 g/mol. The first-order chi connectivity index (χ1) is 6.99. The Morgan fingerprint density at radius 3 is 2.73 bits per heavy atom. The molecule has 0 radical (unpaired) electrons. The number of aromatic nitrogens is 1. The minimum absolute atomic E-state index is 0.0259. The van der Waals surface area contributed by atoms with Crippen LogP contribution in [0.3, 0.4) is 0 Å². The summed E-state index contributed by atoms with van der Waals surface area (Å²) in [5.74, 6) is -4.20. The van der Waals surface area contributed by atoms with Gasteiger partial charge in [0.1, 0.15) is 0 Å². The van der Waals surface area contributed by atoms with Gasteiger partial charge in [-0.1, -0.05) is 0 Å². The summed E-state index contributed by atoms with van der Waals surface area (Å²) in [4.78, 5) is 14.7. The van der Waals surface area contributed by atoms with Crippen LogP contribution in [-0.4, -0.2) is 22.0 Å². The minimum Gasteiger partial charge on any atom is -0.478 e. The Balaban J connectivity index is 2.26. The van der Waals surface area contributed by atoms with Crippen LogP contribution in [0.1, 0.15) is 34.8 Å². The normalized spacial score (nSPS) is 19.6. The highest BCUT2D eigenvalue weighted by Gasteiger charge is 2.47. The molecule has 1 N–H and O–H groups in total. The summed E-state index contributed by atoms with van der Waals surface area (Å²) >= 11 is 0. The number of alkyl halides is 2. The molecule has 0 amide bonds. The van der Waals surface area contributed by atoms with Gasteiger partial charge in [-0.15, -0.1) is 0 Å². The molecule has 0 bridgehead atoms. The zero-order valence-electron chi connectivity index (χ0n) is 7.78. The lowest BCUT2D eigenvalue weighted by Gasteiger charge is -2.34. The molecular formula is C10H9F2NO2. The summed E-state index contributed by atoms with van der Waals surface area (Å²) in [5.41, 5.74) is 0.300. The van der Waals surface area contributed by atoms with E-state index in [1.54, 1.807) is 0 Å². The summed E-state index contributed by atoms with van der Waals surface area (Å²) in [7, 11) is 0. The number of aromatic carboxylic acids is 1. The molecule has 1 aliphatic carbocycles. The third-order valence-corrected chi connectivity index (χ3v) is 2.55. The smallest absolute Gasteiger partial charge is 0.337 e. The van der Waals surface area contributed by atoms with Crippen molar-refractivity contribution in [2.45, 2.75) is 24.7 Å². The number of halogens is 2. The first-order valence-corrected chi connectivity index (χ1v) is 4.56. The van der Waals surface area contributed by atoms with Crippen LogP contribution in [0.25, 0.3) is 0 Å². The number of carboxylic acid groups (broad SMARTS) is 1. The molecule has 1 aromatic rings. The molecule has 5 heteroatoms. The number of hydrogen-bond donors (Lipinski definition) is 1. The maximum Gasteiger partial charge on any atom is 0.337 e. The molecule has 1 heterocycles. The zero-order valence-corrected chi connectivity index (χ0v) is 7.78. The number of nitrogens with zero attached hydrogens (tertiary/aromatic N) is 1. The van der Waals surface area contributed by atoms with Gasteiger partial charge in [0.2, 0.25) is 5.92 Å². The Hall–Kier alpha value is -1.52. The standard InChI is InChI=1S/C10H9F2NO2/c11-10(12)4-6(5-10)8-7(9(14)15)2-1-3-13-8/h1-3,6H,4-5H2,(H,14,15). The lowest BCUT2D eigenvalue weighted by molar-refractivity contribution is -0.0877. The van der Waals surface area contributed by atoms with Crippen LogP contribution >= 0.6 is 0 Å². The predicted octanol–water partition coefficient (Wildman–Crippen LogP) is 2.29. The van der Waals surface area contributed by atoms with Crippen LogP contribution in [-0.2, 0) is 0 Å². The van der Waals surface area contributed by atoms with E-state index < -0.39 is 17.8 Å². The van der Waals surface area contributed by atoms with Crippen molar-refractivity contribution in [3.05, 3.63) is 29.6 Å². The van der Waals surface area contributed by atoms with Crippen LogP contribution in [0.2, 0.25) is 0 Å². The van der Waals surface area contributed by atoms with Gasteiger partial charge < -0.3 is 5.11 Å². The molecule has 1 saturated carbocycles. The molecule has 1 fully saturated rings. The van der Waals surface area contributed by atoms with Crippen LogP contribution in [0.4, 0.5) is 8.78 Å². The van der Waals surface area contributed by atoms with Crippen LogP contribution in [0.15, 0.2) is 18.3 Å². The molecule has 0 unspecified atom stereocenters. The van der Waals surface area contributed by atoms with Crippen molar-refractivity contribution in [3.8, 4) is 0 Å². The average Bonchev–Trinajstić information content (AvgIpc) is 2.14. The van der Waals surface area contributed by atoms with Crippen LogP contribution < -0.4 is 0 Å². The van der Waals surface area contributed by atoms with Gasteiger partial charge in [0.25, 0.3) is 0 Å². The Bertz CT molecular complexity index is 398. The Kier molecular flexibility index (Phi) is 2.17. The van der Waals surface area contributed by atoms with E-state index in [4.69, 9.17) is 5.11 Å². The largest absolute Gasteiger partial charge is 0.478 e. The lowest BCUT2D eigenvalue weighted by atomic mass is 9.77. The molecule has 0 aromatic carbocycles. The predicted molar refractivity (Wildman–Crippen MR) is 48.1 cm³/mol. The first-order valence-electron chi connectivity index (χ1n) is 4.56. The number of pyridine rings is 1. The van der Waals surface area contributed by atoms with Gasteiger partial charge in [-0.3, -0.25) is 4.98 Å². The lowest BCUT2D eigenvalue weighted by Crippen LogP contribution is -2.35. The molecule has 1 aliphatic rings. The van der Waals surface area contributed by atoms with Crippen molar-refractivity contribution in [3.63, 3.8) is 0 Å². The van der Waals surface area contributed by atoms with E-state index in [0.29, 0.717) is 0 Å². The monoisotopic (exact) mass is 213 g/mol. The molecule has 2 rings (SSSR count). The molecule has 3 nitrogen and oxygen atoms in total. The number of carboxylic acids is 1. The van der Waals surface area contributed by atoms with E-state index in [2.05, 4.69) is 4.98 Å². The molecule has 0 atom stereocenters. The van der Waals surface area contributed by atoms with E-state index in [1.165, 1.54) is 18.3 Å². The van der Waals surface area contributed by atoms with E-state index >= 15 is 0 Å². The van der Waals surface area contributed by atoms with Crippen molar-refractivity contribution >= 4 is 5.97 Å². The quantitative estimate of drug-likeness (QED) is 0.819. The summed E-state index contributed by atoms with van der Waals surface area (Å²) in [6.07, 6.45) is 0.826. The van der Waals surface area contributed by atoms with Crippen LogP contribution in [0.5, 0.6) is 0 Å². The third-order valence-electron chi connectivity index (χ3n) is 2.55. The number of hydrogen-bond acceptors (Lipinski definition) is 2. The second-order valence-electron chi connectivity index (χ2n) is 3.70. The highest BCUT2D eigenvalue weighted by atomic mass is 19.3. The summed E-state index contributed by atoms with van der Waals surface area (Å²) in [6, 6.07) is 2.88. The Morgan fingerprint density at radius 2 is 2.20 bits per heavy atom. The first kappa shape index (κ1) is 10.0. The van der Waals surface area contributed by atoms with Gasteiger partial charge in [0.05, 0.1) is 11.3 Å². The van der Waals surface area contributed by atoms with Crippen LogP contribution in [0, 0.1) is 0 Å². The fraction of sp³-hybridized carbons (Fsp3) is 0.400. The molecule has 1 aromatic heterocycles. The summed E-state index contributed by atoms with van der Waals surface area (Å²) in [5, 5.41) is 8.84. The van der Waals surface area contributed by atoms with Gasteiger partial charge in [0.15, 0.2) is 0 Å². The van der Waals surface area contributed by atoms with E-state index in [9.17, 15) is 13.6 Å². The Labute approximate surface area is 84.8 Å². The number of rotatable bonds is 2. The highest BCUT2D eigenvalue weighted by Crippen LogP contribution is 2.48. The van der Waals surface area contributed by atoms with Gasteiger partial charge in [-0.25, -0.2) is 13.6 Å². The minimum atomic E-state index is -2.65. The maximum atomic E-state index is 12.6. The highest BCUT2D eigenvalue weighted by molar-refractivity contribution is 5.89. The van der Waals surface area contributed by atoms with E-state index in [0.717, 1.165) is 0 Å². The summed E-state index contributed by atoms with van der Waals surface area (Å²) in [6.45, 7) is 0. The second kappa shape index (κ2) is 3.25. The number of carbonyl (C=O) groups is 1. The molecule has 80 valence electrons. The van der Waals surface area contributed by atoms with Crippen molar-refractivity contribution in [2.75, 3.05) is 0 Å². The Morgan fingerprint density at radius 1 is 1.53 bits per heavy atom. The zero-order chi connectivity index (χ0) is 11.1. The maximum absolute atomic E-state index is 12.6. The van der Waals surface area contributed by atoms with Crippen molar-refractivity contribution < 1.29 is 18.7 Å². The topological polar surface area (TPSA) is 50.2 Å². The third kappa shape index (κ3) is 1.82. The fourth-order valence-electron chi connectivity index (χ4n) is 1.78. The van der Waals surface area contributed by atoms with Gasteiger partial charge in [0, 0.05) is 25.0 Å². The molecule has 0 saturated heterocycles. The van der Waals surface area contributed by atoms with Gasteiger partial charge >= 0.3 is 5.97 Å². The van der Waals surface area contributed by atoms with Crippen molar-refractivity contribution in [2.24, 2.45) is 0 Å². The molecular weight excluding hydrogens is 204 g/mol.